The normalized spacial score (nSPS) is 18.4. The molecule has 0 heterocycles. The third kappa shape index (κ3) is 2.94. The minimum Gasteiger partial charge on any atom is -0.468 e. The number of ether oxygens (including phenoxy) is 1. The summed E-state index contributed by atoms with van der Waals surface area (Å²) in [5, 5.41) is 0. The lowest BCUT2D eigenvalue weighted by Crippen LogP contribution is -2.40. The molecule has 0 spiro atoms. The van der Waals surface area contributed by atoms with Crippen LogP contribution in [0.5, 0.6) is 0 Å². The maximum Gasteiger partial charge on any atom is 0.416 e. The predicted molar refractivity (Wildman–Crippen MR) is 68.6 cm³/mol. The Bertz CT molecular complexity index is 536. The monoisotopic (exact) mass is 300 g/mol. The first-order chi connectivity index (χ1) is 9.79. The fraction of sp³-hybridized carbons (Fsp3) is 0.467. The van der Waals surface area contributed by atoms with E-state index in [0.717, 1.165) is 12.1 Å². The Morgan fingerprint density at radius 3 is 2.10 bits per heavy atom. The number of hydrogen-bond donors (Lipinski definition) is 0. The Hall–Kier alpha value is -1.85. The largest absolute Gasteiger partial charge is 0.468 e. The van der Waals surface area contributed by atoms with Crippen LogP contribution in [0.4, 0.5) is 13.2 Å². The van der Waals surface area contributed by atoms with Crippen molar-refractivity contribution in [2.24, 2.45) is 0 Å². The van der Waals surface area contributed by atoms with E-state index in [-0.39, 0.29) is 31.5 Å². The first-order valence-electron chi connectivity index (χ1n) is 6.57. The van der Waals surface area contributed by atoms with Gasteiger partial charge in [0.2, 0.25) is 0 Å². The summed E-state index contributed by atoms with van der Waals surface area (Å²) in [5.41, 5.74) is -1.32. The van der Waals surface area contributed by atoms with E-state index < -0.39 is 23.1 Å². The van der Waals surface area contributed by atoms with E-state index in [4.69, 9.17) is 4.74 Å². The van der Waals surface area contributed by atoms with Crippen molar-refractivity contribution in [3.63, 3.8) is 0 Å². The standard InChI is InChI=1S/C15H15F3O3/c1-21-13(20)14(8-6-12(19)7-9-14)10-2-4-11(5-3-10)15(16,17)18/h2-5H,6-9H2,1H3. The summed E-state index contributed by atoms with van der Waals surface area (Å²) in [6.45, 7) is 0. The number of hydrogen-bond acceptors (Lipinski definition) is 3. The van der Waals surface area contributed by atoms with Crippen molar-refractivity contribution in [1.82, 2.24) is 0 Å². The average Bonchev–Trinajstić information content (AvgIpc) is 2.47. The molecule has 1 aliphatic rings. The van der Waals surface area contributed by atoms with Crippen LogP contribution >= 0.6 is 0 Å². The molecule has 6 heteroatoms. The second kappa shape index (κ2) is 5.50. The minimum atomic E-state index is -4.42. The van der Waals surface area contributed by atoms with Gasteiger partial charge >= 0.3 is 12.1 Å². The average molecular weight is 300 g/mol. The highest BCUT2D eigenvalue weighted by molar-refractivity contribution is 5.88. The third-order valence-corrected chi connectivity index (χ3v) is 4.00. The Morgan fingerprint density at radius 2 is 1.67 bits per heavy atom. The van der Waals surface area contributed by atoms with E-state index in [9.17, 15) is 22.8 Å². The van der Waals surface area contributed by atoms with Gasteiger partial charge in [-0.25, -0.2) is 0 Å². The molecule has 114 valence electrons. The Morgan fingerprint density at radius 1 is 1.14 bits per heavy atom. The third-order valence-electron chi connectivity index (χ3n) is 4.00. The van der Waals surface area contributed by atoms with Gasteiger partial charge in [0.15, 0.2) is 0 Å². The highest BCUT2D eigenvalue weighted by atomic mass is 19.4. The molecule has 2 rings (SSSR count). The first kappa shape index (κ1) is 15.5. The number of carbonyl (C=O) groups is 2. The molecule has 1 aromatic rings. The van der Waals surface area contributed by atoms with Gasteiger partial charge in [-0.3, -0.25) is 9.59 Å². The molecule has 0 atom stereocenters. The summed E-state index contributed by atoms with van der Waals surface area (Å²) in [7, 11) is 1.24. The number of halogens is 3. The number of Topliss-reactive ketones (excluding diaryl/α,β-unsaturated/α-hetero) is 1. The highest BCUT2D eigenvalue weighted by Crippen LogP contribution is 2.40. The molecule has 0 aromatic heterocycles. The van der Waals surface area contributed by atoms with E-state index in [1.807, 2.05) is 0 Å². The lowest BCUT2D eigenvalue weighted by molar-refractivity contribution is -0.149. The van der Waals surface area contributed by atoms with Crippen molar-refractivity contribution in [1.29, 1.82) is 0 Å². The van der Waals surface area contributed by atoms with Crippen molar-refractivity contribution < 1.29 is 27.5 Å². The van der Waals surface area contributed by atoms with Crippen LogP contribution in [0.3, 0.4) is 0 Å². The summed E-state index contributed by atoms with van der Waals surface area (Å²) >= 11 is 0. The second-order valence-corrected chi connectivity index (χ2v) is 5.19. The number of carbonyl (C=O) groups excluding carboxylic acids is 2. The van der Waals surface area contributed by atoms with Gasteiger partial charge in [-0.2, -0.15) is 13.2 Å². The van der Waals surface area contributed by atoms with E-state index >= 15 is 0 Å². The summed E-state index contributed by atoms with van der Waals surface area (Å²) < 4.78 is 42.6. The first-order valence-corrected chi connectivity index (χ1v) is 6.57. The molecule has 0 bridgehead atoms. The van der Waals surface area contributed by atoms with Gasteiger partial charge < -0.3 is 4.74 Å². The lowest BCUT2D eigenvalue weighted by atomic mass is 9.69. The number of alkyl halides is 3. The quantitative estimate of drug-likeness (QED) is 0.787. The molecule has 1 saturated carbocycles. The SMILES string of the molecule is COC(=O)C1(c2ccc(C(F)(F)F)cc2)CCC(=O)CC1. The van der Waals surface area contributed by atoms with Gasteiger partial charge in [0.1, 0.15) is 5.78 Å². The van der Waals surface area contributed by atoms with Crippen molar-refractivity contribution in [2.45, 2.75) is 37.3 Å². The molecule has 0 aliphatic heterocycles. The number of ketones is 1. The molecule has 1 fully saturated rings. The highest BCUT2D eigenvalue weighted by Gasteiger charge is 2.44. The summed E-state index contributed by atoms with van der Waals surface area (Å²) in [4.78, 5) is 23.5. The Balaban J connectivity index is 2.38. The molecule has 0 radical (unpaired) electrons. The molecule has 0 saturated heterocycles. The van der Waals surface area contributed by atoms with Gasteiger partial charge in [0.05, 0.1) is 18.1 Å². The zero-order chi connectivity index (χ0) is 15.7. The fourth-order valence-electron chi connectivity index (χ4n) is 2.74. The molecular formula is C15H15F3O3. The topological polar surface area (TPSA) is 43.4 Å². The van der Waals surface area contributed by atoms with Crippen molar-refractivity contribution >= 4 is 11.8 Å². The van der Waals surface area contributed by atoms with E-state index in [1.165, 1.54) is 19.2 Å². The van der Waals surface area contributed by atoms with Gasteiger partial charge in [-0.1, -0.05) is 12.1 Å². The number of esters is 1. The van der Waals surface area contributed by atoms with Crippen LogP contribution in [0.15, 0.2) is 24.3 Å². The van der Waals surface area contributed by atoms with E-state index in [0.29, 0.717) is 5.56 Å². The van der Waals surface area contributed by atoms with Crippen LogP contribution in [-0.4, -0.2) is 18.9 Å². The van der Waals surface area contributed by atoms with E-state index in [1.54, 1.807) is 0 Å². The van der Waals surface area contributed by atoms with Crippen LogP contribution in [0.2, 0.25) is 0 Å². The molecular weight excluding hydrogens is 285 g/mol. The van der Waals surface area contributed by atoms with Gasteiger partial charge in [0, 0.05) is 12.8 Å². The molecule has 0 unspecified atom stereocenters. The maximum absolute atomic E-state index is 12.6. The van der Waals surface area contributed by atoms with Gasteiger partial charge in [0.25, 0.3) is 0 Å². The molecule has 1 aliphatic carbocycles. The molecule has 0 N–H and O–H groups in total. The summed E-state index contributed by atoms with van der Waals surface area (Å²) in [6, 6.07) is 4.51. The number of benzene rings is 1. The van der Waals surface area contributed by atoms with Crippen LogP contribution in [0.1, 0.15) is 36.8 Å². The summed E-state index contributed by atoms with van der Waals surface area (Å²) in [6.07, 6.45) is -3.42. The lowest BCUT2D eigenvalue weighted by Gasteiger charge is -2.34. The minimum absolute atomic E-state index is 0.0569. The fourth-order valence-corrected chi connectivity index (χ4v) is 2.74. The van der Waals surface area contributed by atoms with Crippen molar-refractivity contribution in [2.75, 3.05) is 7.11 Å². The van der Waals surface area contributed by atoms with Gasteiger partial charge in [-0.15, -0.1) is 0 Å². The molecule has 3 nitrogen and oxygen atoms in total. The molecule has 21 heavy (non-hydrogen) atoms. The summed E-state index contributed by atoms with van der Waals surface area (Å²) in [5.74, 6) is -0.448. The zero-order valence-corrected chi connectivity index (χ0v) is 11.5. The number of rotatable bonds is 2. The van der Waals surface area contributed by atoms with Crippen molar-refractivity contribution in [3.05, 3.63) is 35.4 Å². The predicted octanol–water partition coefficient (Wildman–Crippen LogP) is 3.26. The second-order valence-electron chi connectivity index (χ2n) is 5.19. The Labute approximate surface area is 120 Å². The number of methoxy groups -OCH3 is 1. The van der Waals surface area contributed by atoms with Gasteiger partial charge in [-0.05, 0) is 30.5 Å². The van der Waals surface area contributed by atoms with Crippen molar-refractivity contribution in [3.8, 4) is 0 Å². The smallest absolute Gasteiger partial charge is 0.416 e. The van der Waals surface area contributed by atoms with Crippen LogP contribution in [0, 0.1) is 0 Å². The zero-order valence-electron chi connectivity index (χ0n) is 11.5. The maximum atomic E-state index is 12.6. The van der Waals surface area contributed by atoms with Crippen LogP contribution < -0.4 is 0 Å². The van der Waals surface area contributed by atoms with Crippen LogP contribution in [0.25, 0.3) is 0 Å². The van der Waals surface area contributed by atoms with E-state index in [2.05, 4.69) is 0 Å². The molecule has 0 amide bonds. The molecule has 1 aromatic carbocycles. The van der Waals surface area contributed by atoms with Crippen LogP contribution in [-0.2, 0) is 25.9 Å². The Kier molecular flexibility index (Phi) is 4.07.